The van der Waals surface area contributed by atoms with Gasteiger partial charge in [-0.3, -0.25) is 0 Å². The van der Waals surface area contributed by atoms with Crippen molar-refractivity contribution in [1.82, 2.24) is 10.2 Å². The Morgan fingerprint density at radius 3 is 2.67 bits per heavy atom. The zero-order chi connectivity index (χ0) is 15.6. The molecule has 2 N–H and O–H groups in total. The lowest BCUT2D eigenvalue weighted by molar-refractivity contribution is 0.156. The van der Waals surface area contributed by atoms with Gasteiger partial charge < -0.3 is 15.3 Å². The van der Waals surface area contributed by atoms with Gasteiger partial charge in [-0.2, -0.15) is 0 Å². The molecular weight excluding hydrogens is 260 g/mol. The van der Waals surface area contributed by atoms with E-state index in [9.17, 15) is 5.11 Å². The van der Waals surface area contributed by atoms with Crippen molar-refractivity contribution in [2.45, 2.75) is 77.7 Å². The Morgan fingerprint density at radius 1 is 1.19 bits per heavy atom. The first-order valence-corrected chi connectivity index (χ1v) is 9.21. The van der Waals surface area contributed by atoms with Crippen molar-refractivity contribution < 1.29 is 5.11 Å². The second-order valence-corrected chi connectivity index (χ2v) is 7.18. The van der Waals surface area contributed by atoms with Gasteiger partial charge in [0.25, 0.3) is 0 Å². The van der Waals surface area contributed by atoms with Crippen LogP contribution in [0, 0.1) is 5.92 Å². The largest absolute Gasteiger partial charge is 0.394 e. The highest BCUT2D eigenvalue weighted by Gasteiger charge is 2.22. The minimum Gasteiger partial charge on any atom is -0.394 e. The number of aliphatic hydroxyl groups excluding tert-OH is 1. The van der Waals surface area contributed by atoms with E-state index in [1.807, 2.05) is 0 Å². The molecule has 1 rings (SSSR count). The van der Waals surface area contributed by atoms with Crippen molar-refractivity contribution in [3.05, 3.63) is 0 Å². The van der Waals surface area contributed by atoms with E-state index in [1.165, 1.54) is 58.2 Å². The molecule has 126 valence electrons. The number of hydrogen-bond acceptors (Lipinski definition) is 3. The Kier molecular flexibility index (Phi) is 9.54. The van der Waals surface area contributed by atoms with Crippen LogP contribution in [0.15, 0.2) is 0 Å². The van der Waals surface area contributed by atoms with Crippen molar-refractivity contribution in [3.63, 3.8) is 0 Å². The van der Waals surface area contributed by atoms with Crippen LogP contribution >= 0.6 is 0 Å². The molecule has 3 heteroatoms. The first-order valence-electron chi connectivity index (χ1n) is 9.21. The van der Waals surface area contributed by atoms with Gasteiger partial charge >= 0.3 is 0 Å². The maximum atomic E-state index is 9.61. The Labute approximate surface area is 132 Å². The number of rotatable bonds is 10. The molecule has 1 fully saturated rings. The quantitative estimate of drug-likeness (QED) is 0.649. The van der Waals surface area contributed by atoms with Gasteiger partial charge in [-0.25, -0.2) is 0 Å². The van der Waals surface area contributed by atoms with E-state index in [4.69, 9.17) is 0 Å². The molecule has 1 aliphatic heterocycles. The predicted octanol–water partition coefficient (Wildman–Crippen LogP) is 3.42. The third-order valence-corrected chi connectivity index (χ3v) is 4.99. The van der Waals surface area contributed by atoms with Crippen LogP contribution in [0.4, 0.5) is 0 Å². The summed E-state index contributed by atoms with van der Waals surface area (Å²) in [4.78, 5) is 2.65. The van der Waals surface area contributed by atoms with Crippen molar-refractivity contribution >= 4 is 0 Å². The van der Waals surface area contributed by atoms with Gasteiger partial charge in [0.2, 0.25) is 0 Å². The SMILES string of the molecule is CCCNC(C)(CO)CCCN1CCCC(CCC)CC1. The lowest BCUT2D eigenvalue weighted by Crippen LogP contribution is -2.46. The van der Waals surface area contributed by atoms with Crippen molar-refractivity contribution in [3.8, 4) is 0 Å². The number of aliphatic hydroxyl groups is 1. The minimum absolute atomic E-state index is 0.0907. The Balaban J connectivity index is 2.24. The molecule has 21 heavy (non-hydrogen) atoms. The Morgan fingerprint density at radius 2 is 2.00 bits per heavy atom. The molecule has 2 atom stereocenters. The monoisotopic (exact) mass is 298 g/mol. The fraction of sp³-hybridized carbons (Fsp3) is 1.00. The molecule has 1 aliphatic rings. The van der Waals surface area contributed by atoms with Gasteiger partial charge in [0.05, 0.1) is 6.61 Å². The molecule has 0 radical (unpaired) electrons. The maximum Gasteiger partial charge on any atom is 0.0610 e. The van der Waals surface area contributed by atoms with E-state index in [1.54, 1.807) is 0 Å². The highest BCUT2D eigenvalue weighted by atomic mass is 16.3. The van der Waals surface area contributed by atoms with Gasteiger partial charge in [-0.1, -0.05) is 26.7 Å². The van der Waals surface area contributed by atoms with E-state index in [-0.39, 0.29) is 12.1 Å². The van der Waals surface area contributed by atoms with Crippen molar-refractivity contribution in [2.24, 2.45) is 5.92 Å². The zero-order valence-corrected chi connectivity index (χ0v) is 14.7. The molecule has 1 saturated heterocycles. The van der Waals surface area contributed by atoms with Crippen LogP contribution in [-0.4, -0.2) is 48.3 Å². The number of hydrogen-bond donors (Lipinski definition) is 2. The molecule has 0 aromatic carbocycles. The zero-order valence-electron chi connectivity index (χ0n) is 14.7. The summed E-state index contributed by atoms with van der Waals surface area (Å²) in [6.45, 7) is 11.6. The van der Waals surface area contributed by atoms with Crippen LogP contribution in [0.3, 0.4) is 0 Å². The van der Waals surface area contributed by atoms with Crippen LogP contribution in [0.25, 0.3) is 0 Å². The molecular formula is C18H38N2O. The lowest BCUT2D eigenvalue weighted by atomic mass is 9.96. The van der Waals surface area contributed by atoms with Crippen LogP contribution < -0.4 is 5.32 Å². The maximum absolute atomic E-state index is 9.61. The minimum atomic E-state index is -0.0907. The van der Waals surface area contributed by atoms with E-state index in [2.05, 4.69) is 31.0 Å². The third kappa shape index (κ3) is 7.62. The summed E-state index contributed by atoms with van der Waals surface area (Å²) < 4.78 is 0. The number of nitrogens with one attached hydrogen (secondary N) is 1. The van der Waals surface area contributed by atoms with Crippen LogP contribution in [0.2, 0.25) is 0 Å². The lowest BCUT2D eigenvalue weighted by Gasteiger charge is -2.30. The summed E-state index contributed by atoms with van der Waals surface area (Å²) in [7, 11) is 0. The van der Waals surface area contributed by atoms with Gasteiger partial charge in [-0.05, 0) is 77.5 Å². The molecule has 0 amide bonds. The molecule has 0 aromatic heterocycles. The Hall–Kier alpha value is -0.120. The fourth-order valence-corrected chi connectivity index (χ4v) is 3.49. The predicted molar refractivity (Wildman–Crippen MR) is 91.7 cm³/mol. The molecule has 0 saturated carbocycles. The summed E-state index contributed by atoms with van der Waals surface area (Å²) in [5.74, 6) is 0.967. The molecule has 0 spiro atoms. The summed E-state index contributed by atoms with van der Waals surface area (Å²) in [6, 6.07) is 0. The summed E-state index contributed by atoms with van der Waals surface area (Å²) in [5.41, 5.74) is -0.0907. The first kappa shape index (κ1) is 18.9. The van der Waals surface area contributed by atoms with Gasteiger partial charge in [0.15, 0.2) is 0 Å². The van der Waals surface area contributed by atoms with Crippen molar-refractivity contribution in [1.29, 1.82) is 0 Å². The van der Waals surface area contributed by atoms with E-state index in [0.717, 1.165) is 25.3 Å². The molecule has 0 aromatic rings. The van der Waals surface area contributed by atoms with Gasteiger partial charge in [0.1, 0.15) is 0 Å². The number of likely N-dealkylation sites (tertiary alicyclic amines) is 1. The molecule has 0 aliphatic carbocycles. The third-order valence-electron chi connectivity index (χ3n) is 4.99. The van der Waals surface area contributed by atoms with E-state index in [0.29, 0.717) is 0 Å². The fourth-order valence-electron chi connectivity index (χ4n) is 3.49. The average Bonchev–Trinajstić information content (AvgIpc) is 2.71. The summed E-state index contributed by atoms with van der Waals surface area (Å²) in [5, 5.41) is 13.1. The summed E-state index contributed by atoms with van der Waals surface area (Å²) >= 11 is 0. The average molecular weight is 299 g/mol. The van der Waals surface area contributed by atoms with Gasteiger partial charge in [-0.15, -0.1) is 0 Å². The van der Waals surface area contributed by atoms with Gasteiger partial charge in [0, 0.05) is 5.54 Å². The standard InChI is InChI=1S/C18H38N2O/c1-4-8-17-9-6-13-20(15-10-17)14-7-11-18(3,16-21)19-12-5-2/h17,19,21H,4-16H2,1-3H3. The molecule has 1 heterocycles. The molecule has 3 nitrogen and oxygen atoms in total. The molecule has 0 bridgehead atoms. The number of nitrogens with zero attached hydrogens (tertiary/aromatic N) is 1. The van der Waals surface area contributed by atoms with E-state index < -0.39 is 0 Å². The van der Waals surface area contributed by atoms with Crippen LogP contribution in [-0.2, 0) is 0 Å². The smallest absolute Gasteiger partial charge is 0.0610 e. The Bertz CT molecular complexity index is 260. The van der Waals surface area contributed by atoms with Crippen LogP contribution in [0.1, 0.15) is 72.1 Å². The summed E-state index contributed by atoms with van der Waals surface area (Å²) in [6.07, 6.45) is 10.3. The first-order chi connectivity index (χ1) is 10.1. The van der Waals surface area contributed by atoms with Crippen LogP contribution in [0.5, 0.6) is 0 Å². The van der Waals surface area contributed by atoms with E-state index >= 15 is 0 Å². The topological polar surface area (TPSA) is 35.5 Å². The van der Waals surface area contributed by atoms with Crippen molar-refractivity contribution in [2.75, 3.05) is 32.8 Å². The highest BCUT2D eigenvalue weighted by Crippen LogP contribution is 2.22. The normalized spacial score (nSPS) is 23.7. The highest BCUT2D eigenvalue weighted by molar-refractivity contribution is 4.82. The second kappa shape index (κ2) is 10.6. The molecule has 2 unspecified atom stereocenters. The second-order valence-electron chi connectivity index (χ2n) is 7.18.